The maximum atomic E-state index is 6.16. The average Bonchev–Trinajstić information content (AvgIpc) is 2.63. The lowest BCUT2D eigenvalue weighted by Crippen LogP contribution is -2.18. The van der Waals surface area contributed by atoms with Gasteiger partial charge < -0.3 is 15.4 Å². The second-order valence-electron chi connectivity index (χ2n) is 6.06. The number of hydrogen-bond donors (Lipinski definition) is 2. The van der Waals surface area contributed by atoms with Crippen LogP contribution < -0.4 is 15.4 Å². The molecule has 0 unspecified atom stereocenters. The van der Waals surface area contributed by atoms with Gasteiger partial charge >= 0.3 is 0 Å². The van der Waals surface area contributed by atoms with E-state index >= 15 is 0 Å². The number of nitrogens with one attached hydrogen (secondary N) is 2. The molecule has 1 heterocycles. The minimum atomic E-state index is 0.697. The summed E-state index contributed by atoms with van der Waals surface area (Å²) in [6, 6.07) is 11.8. The zero-order valence-electron chi connectivity index (χ0n) is 14.7. The van der Waals surface area contributed by atoms with Crippen molar-refractivity contribution in [3.05, 3.63) is 41.4 Å². The molecule has 5 heteroatoms. The molecular formula is C20H24ClN3O. The van der Waals surface area contributed by atoms with Crippen LogP contribution in [-0.2, 0) is 0 Å². The molecule has 3 rings (SSSR count). The van der Waals surface area contributed by atoms with E-state index in [1.807, 2.05) is 36.4 Å². The zero-order valence-corrected chi connectivity index (χ0v) is 15.5. The summed E-state index contributed by atoms with van der Waals surface area (Å²) in [7, 11) is 1.68. The first-order chi connectivity index (χ1) is 12.2. The summed E-state index contributed by atoms with van der Waals surface area (Å²) < 4.78 is 5.39. The SMILES string of the molecule is CCCNCCCNc1c2ccc(Cl)cc2nc2ccc(OC)cc12. The van der Waals surface area contributed by atoms with Gasteiger partial charge in [-0.05, 0) is 62.3 Å². The number of fused-ring (bicyclic) bond motifs is 2. The number of pyridine rings is 1. The Kier molecular flexibility index (Phi) is 5.95. The van der Waals surface area contributed by atoms with Crippen LogP contribution in [0.25, 0.3) is 21.8 Å². The summed E-state index contributed by atoms with van der Waals surface area (Å²) in [5.74, 6) is 0.829. The van der Waals surface area contributed by atoms with Gasteiger partial charge in [0, 0.05) is 22.3 Å². The molecule has 0 bridgehead atoms. The highest BCUT2D eigenvalue weighted by molar-refractivity contribution is 6.31. The van der Waals surface area contributed by atoms with Crippen LogP contribution in [0.15, 0.2) is 36.4 Å². The molecule has 4 nitrogen and oxygen atoms in total. The molecule has 3 aromatic rings. The van der Waals surface area contributed by atoms with Crippen LogP contribution >= 0.6 is 11.6 Å². The van der Waals surface area contributed by atoms with Crippen molar-refractivity contribution in [1.82, 2.24) is 10.3 Å². The zero-order chi connectivity index (χ0) is 17.6. The van der Waals surface area contributed by atoms with Gasteiger partial charge in [-0.25, -0.2) is 4.98 Å². The predicted octanol–water partition coefficient (Wildman–Crippen LogP) is 4.85. The van der Waals surface area contributed by atoms with Crippen molar-refractivity contribution in [2.75, 3.05) is 32.1 Å². The van der Waals surface area contributed by atoms with E-state index in [2.05, 4.69) is 17.6 Å². The Morgan fingerprint density at radius 3 is 2.68 bits per heavy atom. The number of hydrogen-bond acceptors (Lipinski definition) is 4. The largest absolute Gasteiger partial charge is 0.497 e. The second-order valence-corrected chi connectivity index (χ2v) is 6.50. The molecule has 0 aliphatic heterocycles. The molecule has 1 aromatic heterocycles. The van der Waals surface area contributed by atoms with Gasteiger partial charge in [0.25, 0.3) is 0 Å². The van der Waals surface area contributed by atoms with Crippen LogP contribution in [0.1, 0.15) is 19.8 Å². The van der Waals surface area contributed by atoms with Crippen LogP contribution in [0.4, 0.5) is 5.69 Å². The molecule has 0 aliphatic rings. The van der Waals surface area contributed by atoms with Gasteiger partial charge in [-0.3, -0.25) is 0 Å². The van der Waals surface area contributed by atoms with Crippen molar-refractivity contribution in [3.8, 4) is 5.75 Å². The summed E-state index contributed by atoms with van der Waals surface area (Å²) in [6.45, 7) is 5.15. The van der Waals surface area contributed by atoms with Gasteiger partial charge in [-0.15, -0.1) is 0 Å². The van der Waals surface area contributed by atoms with Gasteiger partial charge in [0.1, 0.15) is 5.75 Å². The van der Waals surface area contributed by atoms with Crippen molar-refractivity contribution < 1.29 is 4.74 Å². The Morgan fingerprint density at radius 1 is 1.00 bits per heavy atom. The molecule has 2 aromatic carbocycles. The summed E-state index contributed by atoms with van der Waals surface area (Å²) in [5.41, 5.74) is 2.92. The van der Waals surface area contributed by atoms with E-state index in [9.17, 15) is 0 Å². The van der Waals surface area contributed by atoms with E-state index in [0.717, 1.165) is 65.7 Å². The molecule has 0 saturated heterocycles. The molecule has 0 amide bonds. The Labute approximate surface area is 153 Å². The summed E-state index contributed by atoms with van der Waals surface area (Å²) in [5, 5.41) is 9.87. The first kappa shape index (κ1) is 17.8. The number of anilines is 1. The lowest BCUT2D eigenvalue weighted by molar-refractivity contribution is 0.415. The quantitative estimate of drug-likeness (QED) is 0.447. The first-order valence-corrected chi connectivity index (χ1v) is 9.12. The Balaban J connectivity index is 1.95. The van der Waals surface area contributed by atoms with E-state index < -0.39 is 0 Å². The molecule has 132 valence electrons. The van der Waals surface area contributed by atoms with Crippen molar-refractivity contribution in [3.63, 3.8) is 0 Å². The molecule has 0 saturated carbocycles. The normalized spacial score (nSPS) is 11.2. The van der Waals surface area contributed by atoms with E-state index in [1.165, 1.54) is 0 Å². The number of nitrogens with zero attached hydrogens (tertiary/aromatic N) is 1. The third-order valence-electron chi connectivity index (χ3n) is 4.20. The predicted molar refractivity (Wildman–Crippen MR) is 107 cm³/mol. The minimum Gasteiger partial charge on any atom is -0.497 e. The molecule has 0 fully saturated rings. The number of methoxy groups -OCH3 is 1. The number of halogens is 1. The topological polar surface area (TPSA) is 46.2 Å². The number of ether oxygens (including phenoxy) is 1. The van der Waals surface area contributed by atoms with Crippen LogP contribution in [-0.4, -0.2) is 31.7 Å². The monoisotopic (exact) mass is 357 g/mol. The average molecular weight is 358 g/mol. The lowest BCUT2D eigenvalue weighted by Gasteiger charge is -2.14. The number of benzene rings is 2. The number of aromatic nitrogens is 1. The third kappa shape index (κ3) is 4.14. The van der Waals surface area contributed by atoms with Gasteiger partial charge in [-0.1, -0.05) is 18.5 Å². The molecule has 0 aliphatic carbocycles. The highest BCUT2D eigenvalue weighted by atomic mass is 35.5. The maximum absolute atomic E-state index is 6.16. The van der Waals surface area contributed by atoms with Gasteiger partial charge in [0.2, 0.25) is 0 Å². The standard InChI is InChI=1S/C20H24ClN3O/c1-3-9-22-10-4-11-23-20-16-7-5-14(21)12-19(16)24-18-8-6-15(25-2)13-17(18)20/h5-8,12-13,22H,3-4,9-11H2,1-2H3,(H,23,24). The van der Waals surface area contributed by atoms with Crippen LogP contribution in [0.3, 0.4) is 0 Å². The second kappa shape index (κ2) is 8.37. The summed E-state index contributed by atoms with van der Waals surface area (Å²) in [6.07, 6.45) is 2.22. The van der Waals surface area contributed by atoms with Crippen molar-refractivity contribution in [1.29, 1.82) is 0 Å². The molecular weight excluding hydrogens is 334 g/mol. The third-order valence-corrected chi connectivity index (χ3v) is 4.44. The minimum absolute atomic E-state index is 0.697. The Bertz CT molecular complexity index is 866. The fourth-order valence-corrected chi connectivity index (χ4v) is 3.11. The lowest BCUT2D eigenvalue weighted by atomic mass is 10.1. The van der Waals surface area contributed by atoms with Crippen molar-refractivity contribution in [2.24, 2.45) is 0 Å². The van der Waals surface area contributed by atoms with E-state index in [4.69, 9.17) is 21.3 Å². The molecule has 0 spiro atoms. The molecule has 0 radical (unpaired) electrons. The van der Waals surface area contributed by atoms with Gasteiger partial charge in [0.05, 0.1) is 23.8 Å². The molecule has 0 atom stereocenters. The summed E-state index contributed by atoms with van der Waals surface area (Å²) in [4.78, 5) is 4.75. The fourth-order valence-electron chi connectivity index (χ4n) is 2.94. The van der Waals surface area contributed by atoms with Crippen LogP contribution in [0.5, 0.6) is 5.75 Å². The maximum Gasteiger partial charge on any atom is 0.119 e. The Morgan fingerprint density at radius 2 is 1.88 bits per heavy atom. The van der Waals surface area contributed by atoms with Gasteiger partial charge in [0.15, 0.2) is 0 Å². The van der Waals surface area contributed by atoms with E-state index in [1.54, 1.807) is 7.11 Å². The van der Waals surface area contributed by atoms with E-state index in [0.29, 0.717) is 5.02 Å². The highest BCUT2D eigenvalue weighted by Crippen LogP contribution is 2.34. The van der Waals surface area contributed by atoms with Crippen LogP contribution in [0.2, 0.25) is 5.02 Å². The fraction of sp³-hybridized carbons (Fsp3) is 0.350. The number of rotatable bonds is 8. The van der Waals surface area contributed by atoms with Crippen molar-refractivity contribution >= 4 is 39.1 Å². The molecule has 25 heavy (non-hydrogen) atoms. The smallest absolute Gasteiger partial charge is 0.119 e. The first-order valence-electron chi connectivity index (χ1n) is 8.74. The molecule has 2 N–H and O–H groups in total. The Hall–Kier alpha value is -2.04. The van der Waals surface area contributed by atoms with E-state index in [-0.39, 0.29) is 0 Å². The highest BCUT2D eigenvalue weighted by Gasteiger charge is 2.10. The van der Waals surface area contributed by atoms with Crippen molar-refractivity contribution in [2.45, 2.75) is 19.8 Å². The van der Waals surface area contributed by atoms with Gasteiger partial charge in [-0.2, -0.15) is 0 Å². The summed E-state index contributed by atoms with van der Waals surface area (Å²) >= 11 is 6.16. The van der Waals surface area contributed by atoms with Crippen LogP contribution in [0, 0.1) is 0 Å².